The van der Waals surface area contributed by atoms with Gasteiger partial charge in [0.1, 0.15) is 16.5 Å². The van der Waals surface area contributed by atoms with E-state index in [1.165, 1.54) is 41.8 Å². The van der Waals surface area contributed by atoms with E-state index in [-0.39, 0.29) is 17.9 Å². The molecule has 1 aliphatic carbocycles. The summed E-state index contributed by atoms with van der Waals surface area (Å²) in [5.41, 5.74) is 0.699. The molecule has 8 heteroatoms. The van der Waals surface area contributed by atoms with Crippen molar-refractivity contribution in [2.45, 2.75) is 38.8 Å². The molecule has 162 valence electrons. The third kappa shape index (κ3) is 4.44. The molecule has 2 heterocycles. The lowest BCUT2D eigenvalue weighted by molar-refractivity contribution is -0.137. The third-order valence-electron chi connectivity index (χ3n) is 5.07. The molecule has 0 saturated carbocycles. The first-order valence-corrected chi connectivity index (χ1v) is 10.8. The van der Waals surface area contributed by atoms with Crippen LogP contribution in [-0.2, 0) is 23.8 Å². The van der Waals surface area contributed by atoms with Crippen LogP contribution in [0.3, 0.4) is 0 Å². The zero-order chi connectivity index (χ0) is 22.0. The molecule has 0 fully saturated rings. The Labute approximate surface area is 181 Å². The number of nitrogens with zero attached hydrogens (tertiary/aromatic N) is 1. The van der Waals surface area contributed by atoms with Gasteiger partial charge in [0.25, 0.3) is 0 Å². The Hall–Kier alpha value is -2.87. The van der Waals surface area contributed by atoms with Gasteiger partial charge in [0.15, 0.2) is 0 Å². The molecule has 1 aliphatic rings. The number of ether oxygens (including phenoxy) is 1. The Bertz CT molecular complexity index is 1130. The van der Waals surface area contributed by atoms with Crippen LogP contribution in [0.5, 0.6) is 0 Å². The fourth-order valence-electron chi connectivity index (χ4n) is 3.69. The Kier molecular flexibility index (Phi) is 6.00. The molecule has 0 atom stereocenters. The van der Waals surface area contributed by atoms with Crippen molar-refractivity contribution in [2.75, 3.05) is 6.61 Å². The van der Waals surface area contributed by atoms with Crippen molar-refractivity contribution < 1.29 is 27.1 Å². The highest BCUT2D eigenvalue weighted by molar-refractivity contribution is 7.16. The summed E-state index contributed by atoms with van der Waals surface area (Å²) >= 11 is 1.46. The van der Waals surface area contributed by atoms with Crippen LogP contribution < -0.4 is 0 Å². The zero-order valence-corrected chi connectivity index (χ0v) is 17.6. The summed E-state index contributed by atoms with van der Waals surface area (Å²) in [6, 6.07) is 8.30. The summed E-state index contributed by atoms with van der Waals surface area (Å²) in [5, 5.41) is 0.541. The summed E-state index contributed by atoms with van der Waals surface area (Å²) < 4.78 is 50.7. The monoisotopic (exact) mass is 447 g/mol. The second-order valence-electron chi connectivity index (χ2n) is 7.12. The molecule has 1 aromatic carbocycles. The lowest BCUT2D eigenvalue weighted by atomic mass is 9.95. The Morgan fingerprint density at radius 1 is 1.19 bits per heavy atom. The molecular formula is C23H20F3NO3S. The van der Waals surface area contributed by atoms with Gasteiger partial charge < -0.3 is 9.15 Å². The minimum atomic E-state index is -4.48. The summed E-state index contributed by atoms with van der Waals surface area (Å²) in [6.45, 7) is 2.02. The second-order valence-corrected chi connectivity index (χ2v) is 8.20. The van der Waals surface area contributed by atoms with Crippen LogP contribution in [0.2, 0.25) is 0 Å². The second kappa shape index (κ2) is 8.70. The maximum absolute atomic E-state index is 13.3. The van der Waals surface area contributed by atoms with Crippen LogP contribution in [-0.4, -0.2) is 18.8 Å². The molecule has 0 amide bonds. The standard InChI is InChI=1S/C23H20F3NO3S/c1-2-29-22(28)20-16-8-4-6-10-19(16)31-21(20)27-13-14-11-12-18(30-14)15-7-3-5-9-17(15)23(24,25)26/h3,5,7,9,11-13H,2,4,6,8,10H2,1H3. The largest absolute Gasteiger partial charge is 0.462 e. The number of halogens is 3. The van der Waals surface area contributed by atoms with Gasteiger partial charge in [0.2, 0.25) is 0 Å². The number of alkyl halides is 3. The number of furan rings is 1. The van der Waals surface area contributed by atoms with E-state index in [1.807, 2.05) is 0 Å². The fourth-order valence-corrected chi connectivity index (χ4v) is 4.91. The number of aryl methyl sites for hydroxylation is 1. The number of hydrogen-bond donors (Lipinski definition) is 0. The first kappa shape index (κ1) is 21.4. The lowest BCUT2D eigenvalue weighted by Crippen LogP contribution is -2.09. The van der Waals surface area contributed by atoms with Crippen molar-refractivity contribution in [3.05, 3.63) is 63.7 Å². The van der Waals surface area contributed by atoms with Gasteiger partial charge in [-0.25, -0.2) is 9.79 Å². The number of carbonyl (C=O) groups excluding carboxylic acids is 1. The molecule has 0 spiro atoms. The molecule has 0 aliphatic heterocycles. The normalized spacial score (nSPS) is 14.1. The van der Waals surface area contributed by atoms with E-state index < -0.39 is 17.7 Å². The number of benzene rings is 1. The molecular weight excluding hydrogens is 427 g/mol. The highest BCUT2D eigenvalue weighted by atomic mass is 32.1. The Morgan fingerprint density at radius 3 is 2.74 bits per heavy atom. The summed E-state index contributed by atoms with van der Waals surface area (Å²) in [7, 11) is 0. The maximum atomic E-state index is 13.3. The first-order chi connectivity index (χ1) is 14.9. The average Bonchev–Trinajstić information content (AvgIpc) is 3.36. The molecule has 31 heavy (non-hydrogen) atoms. The molecule has 4 rings (SSSR count). The van der Waals surface area contributed by atoms with Crippen molar-refractivity contribution in [1.82, 2.24) is 0 Å². The van der Waals surface area contributed by atoms with Crippen LogP contribution in [0.4, 0.5) is 18.2 Å². The molecule has 0 radical (unpaired) electrons. The average molecular weight is 447 g/mol. The molecule has 2 aromatic heterocycles. The first-order valence-electron chi connectivity index (χ1n) is 10.0. The van der Waals surface area contributed by atoms with Crippen molar-refractivity contribution >= 4 is 28.5 Å². The van der Waals surface area contributed by atoms with Crippen LogP contribution in [0.15, 0.2) is 45.8 Å². The van der Waals surface area contributed by atoms with Gasteiger partial charge in [-0.1, -0.05) is 18.2 Å². The smallest absolute Gasteiger partial charge is 0.417 e. The molecule has 4 nitrogen and oxygen atoms in total. The van der Waals surface area contributed by atoms with Crippen LogP contribution >= 0.6 is 11.3 Å². The Balaban J connectivity index is 1.65. The van der Waals surface area contributed by atoms with Crippen molar-refractivity contribution in [3.8, 4) is 11.3 Å². The van der Waals surface area contributed by atoms with Gasteiger partial charge in [0.05, 0.1) is 23.9 Å². The minimum Gasteiger partial charge on any atom is -0.462 e. The van der Waals surface area contributed by atoms with Crippen molar-refractivity contribution in [3.63, 3.8) is 0 Å². The highest BCUT2D eigenvalue weighted by Crippen LogP contribution is 2.41. The van der Waals surface area contributed by atoms with E-state index in [2.05, 4.69) is 4.99 Å². The van der Waals surface area contributed by atoms with E-state index in [0.717, 1.165) is 42.2 Å². The predicted molar refractivity (Wildman–Crippen MR) is 113 cm³/mol. The fraction of sp³-hybridized carbons (Fsp3) is 0.304. The number of esters is 1. The molecule has 3 aromatic rings. The van der Waals surface area contributed by atoms with Crippen LogP contribution in [0.25, 0.3) is 11.3 Å². The van der Waals surface area contributed by atoms with E-state index in [0.29, 0.717) is 16.3 Å². The molecule has 0 unspecified atom stereocenters. The SMILES string of the molecule is CCOC(=O)c1c(N=Cc2ccc(-c3ccccc3C(F)(F)F)o2)sc2c1CCCC2. The van der Waals surface area contributed by atoms with E-state index >= 15 is 0 Å². The van der Waals surface area contributed by atoms with Gasteiger partial charge in [-0.3, -0.25) is 0 Å². The van der Waals surface area contributed by atoms with Crippen LogP contribution in [0, 0.1) is 0 Å². The van der Waals surface area contributed by atoms with Crippen LogP contribution in [0.1, 0.15) is 51.9 Å². The lowest BCUT2D eigenvalue weighted by Gasteiger charge is -2.11. The highest BCUT2D eigenvalue weighted by Gasteiger charge is 2.34. The number of rotatable bonds is 5. The maximum Gasteiger partial charge on any atom is 0.417 e. The van der Waals surface area contributed by atoms with Gasteiger partial charge >= 0.3 is 12.1 Å². The molecule has 0 N–H and O–H groups in total. The summed E-state index contributed by atoms with van der Waals surface area (Å²) in [4.78, 5) is 18.1. The summed E-state index contributed by atoms with van der Waals surface area (Å²) in [5.74, 6) is 0.00640. The molecule has 0 saturated heterocycles. The topological polar surface area (TPSA) is 51.8 Å². The zero-order valence-electron chi connectivity index (χ0n) is 16.8. The number of thiophene rings is 1. The van der Waals surface area contributed by atoms with E-state index in [4.69, 9.17) is 9.15 Å². The minimum absolute atomic E-state index is 0.0338. The summed E-state index contributed by atoms with van der Waals surface area (Å²) in [6.07, 6.45) is 0.746. The quantitative estimate of drug-likeness (QED) is 0.318. The van der Waals surface area contributed by atoms with Crippen molar-refractivity contribution in [1.29, 1.82) is 0 Å². The van der Waals surface area contributed by atoms with Gasteiger partial charge in [0, 0.05) is 10.4 Å². The number of hydrogen-bond acceptors (Lipinski definition) is 5. The number of aliphatic imine (C=N–C) groups is 1. The number of fused-ring (bicyclic) bond motifs is 1. The van der Waals surface area contributed by atoms with E-state index in [9.17, 15) is 18.0 Å². The van der Waals surface area contributed by atoms with Crippen molar-refractivity contribution in [2.24, 2.45) is 4.99 Å². The molecule has 0 bridgehead atoms. The predicted octanol–water partition coefficient (Wildman–Crippen LogP) is 6.83. The van der Waals surface area contributed by atoms with E-state index in [1.54, 1.807) is 13.0 Å². The Morgan fingerprint density at radius 2 is 1.97 bits per heavy atom. The third-order valence-corrected chi connectivity index (χ3v) is 6.27. The van der Waals surface area contributed by atoms with Gasteiger partial charge in [-0.15, -0.1) is 11.3 Å². The number of carbonyl (C=O) groups is 1. The van der Waals surface area contributed by atoms with Gasteiger partial charge in [-0.05, 0) is 56.4 Å². The van der Waals surface area contributed by atoms with Gasteiger partial charge in [-0.2, -0.15) is 13.2 Å².